The van der Waals surface area contributed by atoms with Crippen molar-refractivity contribution in [2.45, 2.75) is 26.7 Å². The summed E-state index contributed by atoms with van der Waals surface area (Å²) in [5, 5.41) is 0. The van der Waals surface area contributed by atoms with E-state index in [1.165, 1.54) is 0 Å². The molecule has 3 heteroatoms. The number of hydrogen-bond acceptors (Lipinski definition) is 2. The highest BCUT2D eigenvalue weighted by Gasteiger charge is 2.22. The number of aryl methyl sites for hydroxylation is 1. The summed E-state index contributed by atoms with van der Waals surface area (Å²) in [5.74, 6) is 0.139. The normalized spacial score (nSPS) is 15.6. The Morgan fingerprint density at radius 2 is 2.12 bits per heavy atom. The fourth-order valence-corrected chi connectivity index (χ4v) is 2.08. The molecule has 3 nitrogen and oxygen atoms in total. The Hall–Kier alpha value is -1.64. The van der Waals surface area contributed by atoms with Gasteiger partial charge in [0.1, 0.15) is 0 Å². The Bertz CT molecular complexity index is 451. The first-order valence-electron chi connectivity index (χ1n) is 5.51. The predicted octanol–water partition coefficient (Wildman–Crippen LogP) is 2.32. The molecule has 1 aliphatic rings. The van der Waals surface area contributed by atoms with Crippen LogP contribution in [0.2, 0.25) is 0 Å². The van der Waals surface area contributed by atoms with Gasteiger partial charge < -0.3 is 4.90 Å². The molecule has 0 radical (unpaired) electrons. The molecule has 0 bridgehead atoms. The molecule has 16 heavy (non-hydrogen) atoms. The van der Waals surface area contributed by atoms with Crippen LogP contribution < -0.4 is 4.90 Å². The highest BCUT2D eigenvalue weighted by molar-refractivity contribution is 6.06. The Kier molecular flexibility index (Phi) is 2.77. The fourth-order valence-electron chi connectivity index (χ4n) is 2.08. The van der Waals surface area contributed by atoms with Crippen LogP contribution in [0.25, 0.3) is 0 Å². The average molecular weight is 217 g/mol. The molecule has 1 aromatic carbocycles. The summed E-state index contributed by atoms with van der Waals surface area (Å²) >= 11 is 0. The molecule has 0 aliphatic carbocycles. The second kappa shape index (κ2) is 4.08. The number of nitrogens with zero attached hydrogens (tertiary/aromatic N) is 1. The number of anilines is 1. The molecule has 0 saturated carbocycles. The largest absolute Gasteiger partial charge is 0.312 e. The summed E-state index contributed by atoms with van der Waals surface area (Å²) in [6.07, 6.45) is 1.27. The maximum Gasteiger partial charge on any atom is 0.223 e. The molecule has 0 spiro atoms. The molecular formula is C13H15NO2. The first-order valence-corrected chi connectivity index (χ1v) is 5.51. The Morgan fingerprint density at radius 1 is 1.38 bits per heavy atom. The number of Topliss-reactive ketones (excluding diaryl/α,β-unsaturated/α-hetero) is 1. The van der Waals surface area contributed by atoms with Crippen LogP contribution in [0.4, 0.5) is 5.69 Å². The second-order valence-electron chi connectivity index (χ2n) is 4.22. The molecule has 0 fully saturated rings. The zero-order chi connectivity index (χ0) is 11.7. The highest BCUT2D eigenvalue weighted by Crippen LogP contribution is 2.27. The maximum absolute atomic E-state index is 11.8. The van der Waals surface area contributed by atoms with Crippen molar-refractivity contribution in [2.24, 2.45) is 0 Å². The highest BCUT2D eigenvalue weighted by atomic mass is 16.2. The third kappa shape index (κ3) is 1.85. The lowest BCUT2D eigenvalue weighted by Gasteiger charge is -2.21. The third-order valence-electron chi connectivity index (χ3n) is 2.91. The molecule has 84 valence electrons. The van der Waals surface area contributed by atoms with Crippen LogP contribution in [0, 0.1) is 6.92 Å². The Labute approximate surface area is 95.1 Å². The van der Waals surface area contributed by atoms with Crippen LogP contribution in [0.1, 0.15) is 35.7 Å². The van der Waals surface area contributed by atoms with Gasteiger partial charge in [0.2, 0.25) is 5.91 Å². The van der Waals surface area contributed by atoms with Gasteiger partial charge in [0.15, 0.2) is 5.78 Å². The molecule has 1 aromatic rings. The van der Waals surface area contributed by atoms with E-state index in [9.17, 15) is 9.59 Å². The summed E-state index contributed by atoms with van der Waals surface area (Å²) in [6.45, 7) is 4.15. The Morgan fingerprint density at radius 3 is 2.81 bits per heavy atom. The number of rotatable bonds is 0. The van der Waals surface area contributed by atoms with E-state index in [1.54, 1.807) is 11.8 Å². The van der Waals surface area contributed by atoms with Crippen molar-refractivity contribution < 1.29 is 9.59 Å². The molecule has 0 saturated heterocycles. The van der Waals surface area contributed by atoms with E-state index < -0.39 is 0 Å². The zero-order valence-electron chi connectivity index (χ0n) is 9.62. The van der Waals surface area contributed by atoms with Gasteiger partial charge in [-0.2, -0.15) is 0 Å². The van der Waals surface area contributed by atoms with Crippen LogP contribution in [-0.4, -0.2) is 18.2 Å². The van der Waals surface area contributed by atoms with Gasteiger partial charge in [-0.3, -0.25) is 9.59 Å². The van der Waals surface area contributed by atoms with Gasteiger partial charge in [0.25, 0.3) is 0 Å². The van der Waals surface area contributed by atoms with E-state index in [0.29, 0.717) is 18.5 Å². The molecule has 0 aromatic heterocycles. The molecule has 1 amide bonds. The van der Waals surface area contributed by atoms with Gasteiger partial charge >= 0.3 is 0 Å². The number of fused-ring (bicyclic) bond motifs is 1. The molecule has 0 N–H and O–H groups in total. The van der Waals surface area contributed by atoms with Crippen molar-refractivity contribution in [1.29, 1.82) is 0 Å². The van der Waals surface area contributed by atoms with Gasteiger partial charge in [0.05, 0.1) is 5.69 Å². The number of carbonyl (C=O) groups excluding carboxylic acids is 2. The van der Waals surface area contributed by atoms with E-state index in [0.717, 1.165) is 17.7 Å². The monoisotopic (exact) mass is 217 g/mol. The van der Waals surface area contributed by atoms with Crippen LogP contribution in [-0.2, 0) is 4.79 Å². The first kappa shape index (κ1) is 10.9. The Balaban J connectivity index is 2.57. The second-order valence-corrected chi connectivity index (χ2v) is 4.22. The number of hydrogen-bond donors (Lipinski definition) is 0. The van der Waals surface area contributed by atoms with Crippen molar-refractivity contribution in [3.05, 3.63) is 29.3 Å². The lowest BCUT2D eigenvalue weighted by molar-refractivity contribution is -0.116. The molecule has 1 heterocycles. The molecular weight excluding hydrogens is 202 g/mol. The summed E-state index contributed by atoms with van der Waals surface area (Å²) < 4.78 is 0. The SMILES string of the molecule is CC(=O)N1CCCC(=O)c2ccc(C)cc21. The number of ketones is 1. The fraction of sp³-hybridized carbons (Fsp3) is 0.385. The van der Waals surface area contributed by atoms with Crippen molar-refractivity contribution in [2.75, 3.05) is 11.4 Å². The number of amides is 1. The van der Waals surface area contributed by atoms with Crippen molar-refractivity contribution in [3.63, 3.8) is 0 Å². The van der Waals surface area contributed by atoms with Gasteiger partial charge in [-0.1, -0.05) is 6.07 Å². The van der Waals surface area contributed by atoms with Crippen LogP contribution in [0.5, 0.6) is 0 Å². The molecule has 0 atom stereocenters. The van der Waals surface area contributed by atoms with Crippen molar-refractivity contribution in [1.82, 2.24) is 0 Å². The van der Waals surface area contributed by atoms with E-state index in [4.69, 9.17) is 0 Å². The van der Waals surface area contributed by atoms with Crippen LogP contribution in [0.3, 0.4) is 0 Å². The van der Waals surface area contributed by atoms with Crippen molar-refractivity contribution in [3.8, 4) is 0 Å². The smallest absolute Gasteiger partial charge is 0.223 e. The predicted molar refractivity (Wildman–Crippen MR) is 62.8 cm³/mol. The minimum absolute atomic E-state index is 0.00144. The van der Waals surface area contributed by atoms with Crippen molar-refractivity contribution >= 4 is 17.4 Å². The zero-order valence-corrected chi connectivity index (χ0v) is 9.62. The van der Waals surface area contributed by atoms with E-state index in [1.807, 2.05) is 25.1 Å². The van der Waals surface area contributed by atoms with Gasteiger partial charge in [-0.05, 0) is 31.0 Å². The van der Waals surface area contributed by atoms with Gasteiger partial charge in [0, 0.05) is 25.5 Å². The summed E-state index contributed by atoms with van der Waals surface area (Å²) in [5.41, 5.74) is 2.52. The van der Waals surface area contributed by atoms with Gasteiger partial charge in [-0.25, -0.2) is 0 Å². The van der Waals surface area contributed by atoms with Gasteiger partial charge in [-0.15, -0.1) is 0 Å². The lowest BCUT2D eigenvalue weighted by atomic mass is 10.0. The molecule has 1 aliphatic heterocycles. The molecule has 2 rings (SSSR count). The summed E-state index contributed by atoms with van der Waals surface area (Å²) in [4.78, 5) is 25.1. The number of benzene rings is 1. The topological polar surface area (TPSA) is 37.4 Å². The molecule has 0 unspecified atom stereocenters. The van der Waals surface area contributed by atoms with E-state index in [-0.39, 0.29) is 11.7 Å². The van der Waals surface area contributed by atoms with Crippen LogP contribution >= 0.6 is 0 Å². The summed E-state index contributed by atoms with van der Waals surface area (Å²) in [6, 6.07) is 5.66. The van der Waals surface area contributed by atoms with E-state index in [2.05, 4.69) is 0 Å². The van der Waals surface area contributed by atoms with E-state index >= 15 is 0 Å². The average Bonchev–Trinajstić information content (AvgIpc) is 2.38. The minimum Gasteiger partial charge on any atom is -0.312 e. The maximum atomic E-state index is 11.8. The van der Waals surface area contributed by atoms with Crippen LogP contribution in [0.15, 0.2) is 18.2 Å². The minimum atomic E-state index is 0.00144. The summed E-state index contributed by atoms with van der Waals surface area (Å²) in [7, 11) is 0. The third-order valence-corrected chi connectivity index (χ3v) is 2.91. The quantitative estimate of drug-likeness (QED) is 0.668. The lowest BCUT2D eigenvalue weighted by Crippen LogP contribution is -2.29. The number of carbonyl (C=O) groups is 2. The standard InChI is InChI=1S/C13H15NO2/c1-9-5-6-11-12(8-9)14(10(2)15)7-3-4-13(11)16/h5-6,8H,3-4,7H2,1-2H3. The first-order chi connectivity index (χ1) is 7.59.